The van der Waals surface area contributed by atoms with Crippen molar-refractivity contribution >= 4 is 5.97 Å². The topological polar surface area (TPSA) is 46.5 Å². The maximum atomic E-state index is 11.6. The van der Waals surface area contributed by atoms with Crippen LogP contribution in [0.5, 0.6) is 0 Å². The van der Waals surface area contributed by atoms with Crippen molar-refractivity contribution in [2.24, 2.45) is 0 Å². The first-order valence-electron chi connectivity index (χ1n) is 7.67. The first-order valence-corrected chi connectivity index (χ1v) is 7.67. The van der Waals surface area contributed by atoms with E-state index in [1.54, 1.807) is 18.2 Å². The molecule has 0 saturated carbocycles. The Labute approximate surface area is 134 Å². The van der Waals surface area contributed by atoms with Crippen LogP contribution in [0.2, 0.25) is 0 Å². The standard InChI is InChI=1S/C19H28O3/c1-5-8-11-17(19(21)22-4)12-9-13-18(20)15-14-16(7-3)10-6-2/h5-6,8,10-11,14-15,18,20H,2,7,9,12-13H2,1,3-4H3/b8-5-,15-14+,16-10-,17-11+. The van der Waals surface area contributed by atoms with Gasteiger partial charge in [0, 0.05) is 5.57 Å². The first kappa shape index (κ1) is 20.1. The van der Waals surface area contributed by atoms with E-state index in [0.29, 0.717) is 18.4 Å². The van der Waals surface area contributed by atoms with E-state index in [1.165, 1.54) is 7.11 Å². The zero-order valence-corrected chi connectivity index (χ0v) is 13.9. The molecule has 0 amide bonds. The fourth-order valence-electron chi connectivity index (χ4n) is 1.87. The number of ether oxygens (including phenoxy) is 1. The van der Waals surface area contributed by atoms with E-state index < -0.39 is 6.10 Å². The highest BCUT2D eigenvalue weighted by atomic mass is 16.5. The summed E-state index contributed by atoms with van der Waals surface area (Å²) in [5.74, 6) is -0.315. The Hall–Kier alpha value is -1.87. The van der Waals surface area contributed by atoms with E-state index in [2.05, 4.69) is 13.5 Å². The molecule has 3 nitrogen and oxygen atoms in total. The van der Waals surface area contributed by atoms with Gasteiger partial charge in [0.15, 0.2) is 0 Å². The number of hydrogen-bond donors (Lipinski definition) is 1. The molecule has 1 atom stereocenters. The Morgan fingerprint density at radius 3 is 2.64 bits per heavy atom. The first-order chi connectivity index (χ1) is 10.6. The van der Waals surface area contributed by atoms with E-state index in [0.717, 1.165) is 18.4 Å². The largest absolute Gasteiger partial charge is 0.466 e. The Bertz CT molecular complexity index is 453. The van der Waals surface area contributed by atoms with Gasteiger partial charge in [-0.3, -0.25) is 0 Å². The fraction of sp³-hybridized carbons (Fsp3) is 0.421. The Morgan fingerprint density at radius 1 is 1.36 bits per heavy atom. The van der Waals surface area contributed by atoms with E-state index in [1.807, 2.05) is 31.2 Å². The minimum absolute atomic E-state index is 0.315. The smallest absolute Gasteiger partial charge is 0.333 e. The van der Waals surface area contributed by atoms with Crippen LogP contribution in [0.25, 0.3) is 0 Å². The Kier molecular flexibility index (Phi) is 11.7. The second-order valence-electron chi connectivity index (χ2n) is 4.86. The SMILES string of the molecule is C=C/C=C(\C=C\C(O)CCC/C(=C\C=C/C)C(=O)OC)CC. The minimum Gasteiger partial charge on any atom is -0.466 e. The summed E-state index contributed by atoms with van der Waals surface area (Å²) in [5, 5.41) is 9.96. The van der Waals surface area contributed by atoms with Crippen molar-refractivity contribution in [2.45, 2.75) is 45.6 Å². The van der Waals surface area contributed by atoms with E-state index in [4.69, 9.17) is 4.74 Å². The van der Waals surface area contributed by atoms with Gasteiger partial charge in [0.1, 0.15) is 0 Å². The normalized spacial score (nSPS) is 14.5. The number of aliphatic hydroxyl groups is 1. The lowest BCUT2D eigenvalue weighted by molar-refractivity contribution is -0.136. The van der Waals surface area contributed by atoms with Crippen LogP contribution in [0.3, 0.4) is 0 Å². The van der Waals surface area contributed by atoms with Crippen LogP contribution in [0.4, 0.5) is 0 Å². The fourth-order valence-corrected chi connectivity index (χ4v) is 1.87. The average Bonchev–Trinajstić information content (AvgIpc) is 2.53. The third-order valence-corrected chi connectivity index (χ3v) is 3.16. The summed E-state index contributed by atoms with van der Waals surface area (Å²) in [4.78, 5) is 11.6. The number of carbonyl (C=O) groups is 1. The molecule has 1 N–H and O–H groups in total. The van der Waals surface area contributed by atoms with Crippen molar-refractivity contribution in [2.75, 3.05) is 7.11 Å². The molecule has 1 unspecified atom stereocenters. The molecule has 0 aromatic rings. The van der Waals surface area contributed by atoms with Crippen molar-refractivity contribution in [1.29, 1.82) is 0 Å². The molecule has 0 aliphatic rings. The maximum Gasteiger partial charge on any atom is 0.333 e. The van der Waals surface area contributed by atoms with E-state index >= 15 is 0 Å². The van der Waals surface area contributed by atoms with E-state index in [9.17, 15) is 9.90 Å². The zero-order chi connectivity index (χ0) is 16.8. The van der Waals surface area contributed by atoms with Crippen LogP contribution < -0.4 is 0 Å². The summed E-state index contributed by atoms with van der Waals surface area (Å²) in [6, 6.07) is 0. The molecule has 0 aliphatic carbocycles. The molecule has 0 aromatic heterocycles. The maximum absolute atomic E-state index is 11.6. The number of aliphatic hydroxyl groups excluding tert-OH is 1. The van der Waals surface area contributed by atoms with Crippen molar-refractivity contribution in [3.8, 4) is 0 Å². The molecule has 0 bridgehead atoms. The lowest BCUT2D eigenvalue weighted by Gasteiger charge is -2.07. The van der Waals surface area contributed by atoms with Gasteiger partial charge in [-0.1, -0.05) is 56.0 Å². The van der Waals surface area contributed by atoms with Gasteiger partial charge in [0.05, 0.1) is 13.2 Å². The zero-order valence-electron chi connectivity index (χ0n) is 13.9. The third kappa shape index (κ3) is 9.14. The highest BCUT2D eigenvalue weighted by Crippen LogP contribution is 2.13. The summed E-state index contributed by atoms with van der Waals surface area (Å²) in [6.07, 6.45) is 15.1. The molecule has 0 fully saturated rings. The molecular formula is C19H28O3. The number of hydrogen-bond acceptors (Lipinski definition) is 3. The van der Waals surface area contributed by atoms with Crippen LogP contribution in [0, 0.1) is 0 Å². The van der Waals surface area contributed by atoms with Gasteiger partial charge in [0.2, 0.25) is 0 Å². The predicted octanol–water partition coefficient (Wildman–Crippen LogP) is 4.27. The molecule has 0 rings (SSSR count). The molecule has 0 aromatic carbocycles. The number of allylic oxidation sites excluding steroid dienone is 7. The highest BCUT2D eigenvalue weighted by molar-refractivity contribution is 5.88. The minimum atomic E-state index is -0.514. The summed E-state index contributed by atoms with van der Waals surface area (Å²) in [6.45, 7) is 7.61. The third-order valence-electron chi connectivity index (χ3n) is 3.16. The molecule has 0 heterocycles. The van der Waals surface area contributed by atoms with Gasteiger partial charge in [-0.05, 0) is 38.2 Å². The van der Waals surface area contributed by atoms with Gasteiger partial charge in [0.25, 0.3) is 0 Å². The molecule has 3 heteroatoms. The predicted molar refractivity (Wildman–Crippen MR) is 92.5 cm³/mol. The lowest BCUT2D eigenvalue weighted by atomic mass is 10.0. The quantitative estimate of drug-likeness (QED) is 0.372. The Balaban J connectivity index is 4.42. The van der Waals surface area contributed by atoms with Gasteiger partial charge < -0.3 is 9.84 Å². The molecule has 0 radical (unpaired) electrons. The number of methoxy groups -OCH3 is 1. The number of rotatable bonds is 10. The van der Waals surface area contributed by atoms with Crippen molar-refractivity contribution in [3.05, 3.63) is 60.3 Å². The lowest BCUT2D eigenvalue weighted by Crippen LogP contribution is -2.07. The molecule has 122 valence electrons. The molecule has 0 aliphatic heterocycles. The summed E-state index contributed by atoms with van der Waals surface area (Å²) in [7, 11) is 1.38. The second-order valence-corrected chi connectivity index (χ2v) is 4.86. The van der Waals surface area contributed by atoms with Gasteiger partial charge >= 0.3 is 5.97 Å². The molecular weight excluding hydrogens is 276 g/mol. The number of esters is 1. The number of carbonyl (C=O) groups excluding carboxylic acids is 1. The summed E-state index contributed by atoms with van der Waals surface area (Å²) < 4.78 is 4.75. The second kappa shape index (κ2) is 12.8. The van der Waals surface area contributed by atoms with Crippen LogP contribution in [-0.4, -0.2) is 24.3 Å². The van der Waals surface area contributed by atoms with Crippen molar-refractivity contribution < 1.29 is 14.6 Å². The van der Waals surface area contributed by atoms with Crippen molar-refractivity contribution in [1.82, 2.24) is 0 Å². The van der Waals surface area contributed by atoms with Crippen LogP contribution in [-0.2, 0) is 9.53 Å². The van der Waals surface area contributed by atoms with Crippen molar-refractivity contribution in [3.63, 3.8) is 0 Å². The van der Waals surface area contributed by atoms with E-state index in [-0.39, 0.29) is 5.97 Å². The molecule has 0 saturated heterocycles. The molecule has 0 spiro atoms. The van der Waals surface area contributed by atoms with Gasteiger partial charge in [-0.25, -0.2) is 4.79 Å². The average molecular weight is 304 g/mol. The van der Waals surface area contributed by atoms with Crippen LogP contribution >= 0.6 is 0 Å². The summed E-state index contributed by atoms with van der Waals surface area (Å²) in [5.41, 5.74) is 1.75. The van der Waals surface area contributed by atoms with Gasteiger partial charge in [-0.2, -0.15) is 0 Å². The summed E-state index contributed by atoms with van der Waals surface area (Å²) >= 11 is 0. The highest BCUT2D eigenvalue weighted by Gasteiger charge is 2.09. The Morgan fingerprint density at radius 2 is 2.09 bits per heavy atom. The van der Waals surface area contributed by atoms with Gasteiger partial charge in [-0.15, -0.1) is 0 Å². The monoisotopic (exact) mass is 304 g/mol. The van der Waals surface area contributed by atoms with Crippen LogP contribution in [0.1, 0.15) is 39.5 Å². The molecule has 22 heavy (non-hydrogen) atoms. The van der Waals surface area contributed by atoms with Crippen LogP contribution in [0.15, 0.2) is 60.3 Å².